The van der Waals surface area contributed by atoms with E-state index in [2.05, 4.69) is 11.5 Å². The summed E-state index contributed by atoms with van der Waals surface area (Å²) in [4.78, 5) is 25.5. The number of rotatable bonds is 3. The summed E-state index contributed by atoms with van der Waals surface area (Å²) in [6.07, 6.45) is 3.09. The number of amides is 1. The molecular formula is C21H18N4O3. The lowest BCUT2D eigenvalue weighted by molar-refractivity contribution is -0.116. The molecule has 0 saturated heterocycles. The van der Waals surface area contributed by atoms with Gasteiger partial charge in [0.25, 0.3) is 5.91 Å². The van der Waals surface area contributed by atoms with Crippen LogP contribution in [0.2, 0.25) is 0 Å². The van der Waals surface area contributed by atoms with Crippen LogP contribution in [-0.4, -0.2) is 16.7 Å². The summed E-state index contributed by atoms with van der Waals surface area (Å²) in [6.45, 7) is 0. The second-order valence-electron chi connectivity index (χ2n) is 6.64. The van der Waals surface area contributed by atoms with E-state index in [-0.39, 0.29) is 23.1 Å². The molecule has 0 fully saturated rings. The maximum absolute atomic E-state index is 12.8. The average Bonchev–Trinajstić information content (AvgIpc) is 3.25. The molecule has 1 aliphatic heterocycles. The molecule has 3 N–H and O–H groups in total. The van der Waals surface area contributed by atoms with Gasteiger partial charge >= 0.3 is 0 Å². The van der Waals surface area contributed by atoms with Crippen LogP contribution in [0.4, 0.5) is 0 Å². The maximum Gasteiger partial charge on any atom is 0.270 e. The summed E-state index contributed by atoms with van der Waals surface area (Å²) in [6, 6.07) is 14.2. The number of carbonyl (C=O) groups excluding carboxylic acids is 2. The van der Waals surface area contributed by atoms with Gasteiger partial charge in [0, 0.05) is 17.6 Å². The predicted octanol–water partition coefficient (Wildman–Crippen LogP) is 2.72. The molecule has 140 valence electrons. The molecule has 2 aliphatic rings. The molecule has 4 rings (SSSR count). The summed E-state index contributed by atoms with van der Waals surface area (Å²) in [5.41, 5.74) is 10.7. The monoisotopic (exact) mass is 374 g/mol. The van der Waals surface area contributed by atoms with Crippen molar-refractivity contribution < 1.29 is 14.0 Å². The number of nitrogens with one attached hydrogen (secondary N) is 1. The minimum absolute atomic E-state index is 0.0677. The molecule has 1 aromatic heterocycles. The van der Waals surface area contributed by atoms with Gasteiger partial charge in [-0.3, -0.25) is 15.0 Å². The van der Waals surface area contributed by atoms with Crippen molar-refractivity contribution in [2.45, 2.75) is 25.2 Å². The van der Waals surface area contributed by atoms with Gasteiger partial charge in [0.2, 0.25) is 0 Å². The van der Waals surface area contributed by atoms with Crippen LogP contribution in [0.1, 0.15) is 41.3 Å². The molecule has 2 heterocycles. The Morgan fingerprint density at radius 3 is 2.68 bits per heavy atom. The second-order valence-corrected chi connectivity index (χ2v) is 6.64. The number of carbonyl (C=O) groups is 2. The summed E-state index contributed by atoms with van der Waals surface area (Å²) in [5, 5.41) is 11.2. The molecule has 1 amide bonds. The number of Topliss-reactive ketones (excluding diaryl/α,β-unsaturated/α-hetero) is 1. The topological polar surface area (TPSA) is 112 Å². The molecule has 1 aromatic carbocycles. The first-order chi connectivity index (χ1) is 13.6. The molecule has 0 radical (unpaired) electrons. The lowest BCUT2D eigenvalue weighted by Gasteiger charge is -2.38. The highest BCUT2D eigenvalue weighted by Gasteiger charge is 2.41. The van der Waals surface area contributed by atoms with Crippen molar-refractivity contribution in [1.29, 1.82) is 5.26 Å². The van der Waals surface area contributed by atoms with Crippen LogP contribution in [-0.2, 0) is 4.79 Å². The summed E-state index contributed by atoms with van der Waals surface area (Å²) in [5.74, 6) is -0.519. The minimum Gasteiger partial charge on any atom is -0.468 e. The first kappa shape index (κ1) is 17.6. The molecular weight excluding hydrogens is 356 g/mol. The fraction of sp³-hybridized carbons (Fsp3) is 0.190. The van der Waals surface area contributed by atoms with E-state index in [0.29, 0.717) is 41.9 Å². The van der Waals surface area contributed by atoms with Crippen molar-refractivity contribution in [3.63, 3.8) is 0 Å². The molecule has 0 bridgehead atoms. The number of allylic oxidation sites excluding steroid dienone is 3. The van der Waals surface area contributed by atoms with E-state index in [1.54, 1.807) is 36.4 Å². The zero-order valence-corrected chi connectivity index (χ0v) is 15.0. The first-order valence-corrected chi connectivity index (χ1v) is 8.97. The largest absolute Gasteiger partial charge is 0.468 e. The van der Waals surface area contributed by atoms with Gasteiger partial charge in [-0.2, -0.15) is 5.26 Å². The van der Waals surface area contributed by atoms with Gasteiger partial charge in [0.05, 0.1) is 29.5 Å². The number of nitriles is 1. The van der Waals surface area contributed by atoms with Crippen molar-refractivity contribution in [2.75, 3.05) is 0 Å². The Morgan fingerprint density at radius 1 is 1.21 bits per heavy atom. The Labute approximate surface area is 161 Å². The SMILES string of the molecule is N#CC1=C(N)N(NC(=O)c2ccccc2)C2=C(C(=O)CCC2)C1c1ccco1. The number of benzene rings is 1. The normalized spacial score (nSPS) is 19.3. The van der Waals surface area contributed by atoms with Crippen LogP contribution in [0.5, 0.6) is 0 Å². The van der Waals surface area contributed by atoms with Gasteiger partial charge in [-0.25, -0.2) is 5.01 Å². The van der Waals surface area contributed by atoms with E-state index in [9.17, 15) is 14.9 Å². The van der Waals surface area contributed by atoms with Gasteiger partial charge in [0.15, 0.2) is 5.78 Å². The van der Waals surface area contributed by atoms with E-state index in [1.165, 1.54) is 11.3 Å². The number of hydrogen-bond acceptors (Lipinski definition) is 6. The molecule has 0 saturated carbocycles. The maximum atomic E-state index is 12.8. The van der Waals surface area contributed by atoms with Crippen molar-refractivity contribution >= 4 is 11.7 Å². The van der Waals surface area contributed by atoms with Crippen molar-refractivity contribution in [1.82, 2.24) is 10.4 Å². The standard InChI is InChI=1S/C21H18N4O3/c22-12-14-18(17-10-5-11-28-17)19-15(8-4-9-16(19)26)25(20(14)23)24-21(27)13-6-2-1-3-7-13/h1-3,5-7,10-11,18H,4,8-9,23H2,(H,24,27). The molecule has 7 nitrogen and oxygen atoms in total. The number of ketones is 1. The van der Waals surface area contributed by atoms with E-state index >= 15 is 0 Å². The third-order valence-electron chi connectivity index (χ3n) is 4.99. The first-order valence-electron chi connectivity index (χ1n) is 8.97. The highest BCUT2D eigenvalue weighted by molar-refractivity contribution is 6.00. The molecule has 1 aliphatic carbocycles. The van der Waals surface area contributed by atoms with Crippen molar-refractivity contribution in [3.8, 4) is 6.07 Å². The quantitative estimate of drug-likeness (QED) is 0.854. The zero-order valence-electron chi connectivity index (χ0n) is 15.0. The fourth-order valence-electron chi connectivity index (χ4n) is 3.71. The van der Waals surface area contributed by atoms with E-state index in [0.717, 1.165) is 0 Å². The Balaban J connectivity index is 1.80. The molecule has 7 heteroatoms. The second kappa shape index (κ2) is 7.08. The predicted molar refractivity (Wildman–Crippen MR) is 99.9 cm³/mol. The molecule has 0 spiro atoms. The van der Waals surface area contributed by atoms with Crippen LogP contribution in [0.15, 0.2) is 75.8 Å². The third kappa shape index (κ3) is 2.85. The average molecular weight is 374 g/mol. The van der Waals surface area contributed by atoms with Crippen LogP contribution in [0.3, 0.4) is 0 Å². The number of nitrogens with zero attached hydrogens (tertiary/aromatic N) is 2. The summed E-state index contributed by atoms with van der Waals surface area (Å²) >= 11 is 0. The molecule has 1 unspecified atom stereocenters. The number of furan rings is 1. The van der Waals surface area contributed by atoms with Gasteiger partial charge in [-0.1, -0.05) is 18.2 Å². The van der Waals surface area contributed by atoms with Crippen LogP contribution >= 0.6 is 0 Å². The highest BCUT2D eigenvalue weighted by atomic mass is 16.3. The van der Waals surface area contributed by atoms with Crippen molar-refractivity contribution in [2.24, 2.45) is 5.73 Å². The van der Waals surface area contributed by atoms with Crippen LogP contribution < -0.4 is 11.2 Å². The highest BCUT2D eigenvalue weighted by Crippen LogP contribution is 2.44. The van der Waals surface area contributed by atoms with E-state index in [1.807, 2.05) is 6.07 Å². The molecule has 28 heavy (non-hydrogen) atoms. The van der Waals surface area contributed by atoms with E-state index < -0.39 is 5.92 Å². The summed E-state index contributed by atoms with van der Waals surface area (Å²) in [7, 11) is 0. The zero-order chi connectivity index (χ0) is 19.7. The Bertz CT molecular complexity index is 1030. The van der Waals surface area contributed by atoms with E-state index in [4.69, 9.17) is 10.2 Å². The van der Waals surface area contributed by atoms with Gasteiger partial charge in [-0.05, 0) is 37.1 Å². The smallest absolute Gasteiger partial charge is 0.270 e. The van der Waals surface area contributed by atoms with Gasteiger partial charge < -0.3 is 10.2 Å². The third-order valence-corrected chi connectivity index (χ3v) is 4.99. The lowest BCUT2D eigenvalue weighted by Crippen LogP contribution is -2.48. The Morgan fingerprint density at radius 2 is 2.00 bits per heavy atom. The fourth-order valence-corrected chi connectivity index (χ4v) is 3.71. The Hall–Kier alpha value is -3.79. The molecule has 2 aromatic rings. The molecule has 1 atom stereocenters. The minimum atomic E-state index is -0.660. The Kier molecular flexibility index (Phi) is 4.45. The van der Waals surface area contributed by atoms with Crippen LogP contribution in [0.25, 0.3) is 0 Å². The van der Waals surface area contributed by atoms with Crippen LogP contribution in [0, 0.1) is 11.3 Å². The lowest BCUT2D eigenvalue weighted by atomic mass is 9.78. The number of nitrogens with two attached hydrogens (primary N) is 1. The number of hydrazine groups is 1. The summed E-state index contributed by atoms with van der Waals surface area (Å²) < 4.78 is 5.50. The van der Waals surface area contributed by atoms with Gasteiger partial charge in [0.1, 0.15) is 11.6 Å². The van der Waals surface area contributed by atoms with Crippen molar-refractivity contribution in [3.05, 3.63) is 82.7 Å². The van der Waals surface area contributed by atoms with Gasteiger partial charge in [-0.15, -0.1) is 0 Å². The number of hydrogen-bond donors (Lipinski definition) is 2.